The predicted molar refractivity (Wildman–Crippen MR) is 87.2 cm³/mol. The first-order chi connectivity index (χ1) is 11.0. The number of Topliss-reactive ketones (excluding diaryl/α,β-unsaturated/α-hetero) is 2. The third kappa shape index (κ3) is 3.98. The Kier molecular flexibility index (Phi) is 6.30. The lowest BCUT2D eigenvalue weighted by Gasteiger charge is -2.28. The number of ketones is 2. The second-order valence-corrected chi connectivity index (χ2v) is 6.50. The van der Waals surface area contributed by atoms with E-state index in [2.05, 4.69) is 15.9 Å². The molecule has 1 aromatic rings. The third-order valence-electron chi connectivity index (χ3n) is 4.13. The van der Waals surface area contributed by atoms with Crippen LogP contribution < -0.4 is 4.74 Å². The molecule has 0 bridgehead atoms. The van der Waals surface area contributed by atoms with Crippen molar-refractivity contribution in [3.8, 4) is 5.75 Å². The van der Waals surface area contributed by atoms with Gasteiger partial charge in [0.05, 0.1) is 6.61 Å². The van der Waals surface area contributed by atoms with Crippen molar-refractivity contribution in [1.82, 2.24) is 0 Å². The molecule has 2 rings (SSSR count). The number of ether oxygens (including phenoxy) is 2. The first-order valence-corrected chi connectivity index (χ1v) is 8.46. The van der Waals surface area contributed by atoms with Gasteiger partial charge in [-0.15, -0.1) is 0 Å². The monoisotopic (exact) mass is 386 g/mol. The lowest BCUT2D eigenvalue weighted by atomic mass is 9.74. The van der Waals surface area contributed by atoms with Gasteiger partial charge in [0.1, 0.15) is 29.9 Å². The van der Waals surface area contributed by atoms with Crippen LogP contribution in [0.1, 0.15) is 37.7 Å². The smallest absolute Gasteiger partial charge is 0.151 e. The number of halogens is 2. The van der Waals surface area contributed by atoms with Gasteiger partial charge in [-0.05, 0) is 25.0 Å². The maximum atomic E-state index is 14.5. The molecule has 4 nitrogen and oxygen atoms in total. The van der Waals surface area contributed by atoms with Crippen LogP contribution in [-0.2, 0) is 14.3 Å². The zero-order valence-electron chi connectivity index (χ0n) is 13.2. The molecule has 1 aromatic carbocycles. The second kappa shape index (κ2) is 8.02. The predicted octanol–water partition coefficient (Wildman–Crippen LogP) is 3.66. The van der Waals surface area contributed by atoms with Gasteiger partial charge in [0.25, 0.3) is 0 Å². The normalized spacial score (nSPS) is 21.6. The molecule has 0 radical (unpaired) electrons. The quantitative estimate of drug-likeness (QED) is 0.552. The first-order valence-electron chi connectivity index (χ1n) is 7.66. The Balaban J connectivity index is 2.43. The van der Waals surface area contributed by atoms with Gasteiger partial charge in [-0.1, -0.05) is 22.9 Å². The van der Waals surface area contributed by atoms with E-state index >= 15 is 0 Å². The molecule has 1 aliphatic carbocycles. The Morgan fingerprint density at radius 3 is 2.70 bits per heavy atom. The Morgan fingerprint density at radius 2 is 2.04 bits per heavy atom. The van der Waals surface area contributed by atoms with E-state index in [9.17, 15) is 14.0 Å². The van der Waals surface area contributed by atoms with Crippen molar-refractivity contribution in [3.05, 3.63) is 28.0 Å². The Morgan fingerprint density at radius 1 is 1.30 bits per heavy atom. The highest BCUT2D eigenvalue weighted by Gasteiger charge is 2.40. The minimum absolute atomic E-state index is 0.0532. The summed E-state index contributed by atoms with van der Waals surface area (Å²) >= 11 is 3.21. The highest BCUT2D eigenvalue weighted by Crippen LogP contribution is 2.39. The lowest BCUT2D eigenvalue weighted by molar-refractivity contribution is -0.135. The maximum Gasteiger partial charge on any atom is 0.151 e. The molecule has 2 atom stereocenters. The van der Waals surface area contributed by atoms with Crippen molar-refractivity contribution >= 4 is 27.5 Å². The Bertz CT molecular complexity index is 603. The number of rotatable bonds is 6. The van der Waals surface area contributed by atoms with Gasteiger partial charge in [-0.2, -0.15) is 0 Å². The molecule has 0 aliphatic heterocycles. The van der Waals surface area contributed by atoms with E-state index in [1.165, 1.54) is 13.2 Å². The van der Waals surface area contributed by atoms with Crippen LogP contribution in [0.4, 0.5) is 4.39 Å². The van der Waals surface area contributed by atoms with Crippen LogP contribution in [-0.4, -0.2) is 31.9 Å². The molecule has 1 aliphatic rings. The van der Waals surface area contributed by atoms with E-state index in [1.54, 1.807) is 6.07 Å². The highest BCUT2D eigenvalue weighted by molar-refractivity contribution is 9.10. The molecule has 0 heterocycles. The minimum Gasteiger partial charge on any atom is -0.491 e. The molecule has 0 aromatic heterocycles. The molecule has 0 N–H and O–H groups in total. The number of carbonyl (C=O) groups excluding carboxylic acids is 2. The first kappa shape index (κ1) is 18.1. The number of benzene rings is 1. The van der Waals surface area contributed by atoms with Gasteiger partial charge in [0.2, 0.25) is 0 Å². The summed E-state index contributed by atoms with van der Waals surface area (Å²) in [6.45, 7) is 2.45. The average molecular weight is 387 g/mol. The molecule has 6 heteroatoms. The van der Waals surface area contributed by atoms with Crippen molar-refractivity contribution in [2.75, 3.05) is 20.3 Å². The zero-order chi connectivity index (χ0) is 17.0. The minimum atomic E-state index is -1.07. The number of carbonyl (C=O) groups is 2. The number of methoxy groups -OCH3 is 1. The van der Waals surface area contributed by atoms with Crippen LogP contribution in [0.15, 0.2) is 16.6 Å². The van der Waals surface area contributed by atoms with E-state index in [-0.39, 0.29) is 35.4 Å². The summed E-state index contributed by atoms with van der Waals surface area (Å²) in [7, 11) is 1.53. The van der Waals surface area contributed by atoms with Gasteiger partial charge in [-0.3, -0.25) is 9.59 Å². The van der Waals surface area contributed by atoms with Gasteiger partial charge in [0.15, 0.2) is 5.78 Å². The van der Waals surface area contributed by atoms with Crippen LogP contribution in [0.25, 0.3) is 0 Å². The van der Waals surface area contributed by atoms with Gasteiger partial charge in [-0.25, -0.2) is 4.39 Å². The molecule has 0 amide bonds. The van der Waals surface area contributed by atoms with Gasteiger partial charge < -0.3 is 9.47 Å². The molecule has 2 unspecified atom stereocenters. The number of hydrogen-bond donors (Lipinski definition) is 0. The van der Waals surface area contributed by atoms with Crippen molar-refractivity contribution in [1.29, 1.82) is 0 Å². The second-order valence-electron chi connectivity index (χ2n) is 5.59. The van der Waals surface area contributed by atoms with Crippen molar-refractivity contribution in [2.45, 2.75) is 32.1 Å². The third-order valence-corrected chi connectivity index (χ3v) is 4.59. The largest absolute Gasteiger partial charge is 0.491 e. The molecule has 1 fully saturated rings. The fraction of sp³-hybridized carbons (Fsp3) is 0.529. The highest BCUT2D eigenvalue weighted by atomic mass is 79.9. The van der Waals surface area contributed by atoms with Crippen LogP contribution in [0.3, 0.4) is 0 Å². The van der Waals surface area contributed by atoms with Crippen LogP contribution in [0, 0.1) is 11.7 Å². The lowest BCUT2D eigenvalue weighted by Crippen LogP contribution is -2.34. The summed E-state index contributed by atoms with van der Waals surface area (Å²) in [4.78, 5) is 24.9. The zero-order valence-corrected chi connectivity index (χ0v) is 14.8. The summed E-state index contributed by atoms with van der Waals surface area (Å²) < 4.78 is 25.5. The molecule has 0 spiro atoms. The average Bonchev–Trinajstić information content (AvgIpc) is 2.50. The summed E-state index contributed by atoms with van der Waals surface area (Å²) in [6.07, 6.45) is 1.49. The van der Waals surface area contributed by atoms with Gasteiger partial charge >= 0.3 is 0 Å². The van der Waals surface area contributed by atoms with Crippen LogP contribution >= 0.6 is 15.9 Å². The van der Waals surface area contributed by atoms with E-state index in [4.69, 9.17) is 9.47 Å². The van der Waals surface area contributed by atoms with Crippen molar-refractivity contribution in [2.24, 2.45) is 5.92 Å². The van der Waals surface area contributed by atoms with E-state index in [0.29, 0.717) is 30.3 Å². The van der Waals surface area contributed by atoms with E-state index in [0.717, 1.165) is 0 Å². The molecular formula is C17H20BrFO4. The summed E-state index contributed by atoms with van der Waals surface area (Å²) in [5.74, 6) is -2.10. The Labute approximate surface area is 143 Å². The molecule has 1 saturated carbocycles. The van der Waals surface area contributed by atoms with Crippen LogP contribution in [0.2, 0.25) is 0 Å². The topological polar surface area (TPSA) is 52.6 Å². The van der Waals surface area contributed by atoms with Crippen LogP contribution in [0.5, 0.6) is 5.75 Å². The number of hydrogen-bond acceptors (Lipinski definition) is 4. The fourth-order valence-corrected chi connectivity index (χ4v) is 3.31. The molecular weight excluding hydrogens is 367 g/mol. The standard InChI is InChI=1S/C17H20BrFO4/c1-3-10-4-5-13(20)16(17(10)21)15-12(19)8-11(18)9-14(15)23-7-6-22-2/h8-10,16H,3-7H2,1-2H3. The summed E-state index contributed by atoms with van der Waals surface area (Å²) in [5.41, 5.74) is 0.0532. The summed E-state index contributed by atoms with van der Waals surface area (Å²) in [6, 6.07) is 2.85. The molecule has 0 saturated heterocycles. The fourth-order valence-electron chi connectivity index (χ4n) is 2.90. The molecule has 23 heavy (non-hydrogen) atoms. The Hall–Kier alpha value is -1.27. The van der Waals surface area contributed by atoms with E-state index < -0.39 is 11.7 Å². The molecule has 126 valence electrons. The van der Waals surface area contributed by atoms with Crippen molar-refractivity contribution in [3.63, 3.8) is 0 Å². The van der Waals surface area contributed by atoms with Gasteiger partial charge in [0, 0.05) is 29.5 Å². The SMILES string of the molecule is CCC1CCC(=O)C(c2c(F)cc(Br)cc2OCCOC)C1=O. The summed E-state index contributed by atoms with van der Waals surface area (Å²) in [5, 5.41) is 0. The maximum absolute atomic E-state index is 14.5. The van der Waals surface area contributed by atoms with Crippen molar-refractivity contribution < 1.29 is 23.5 Å². The van der Waals surface area contributed by atoms with E-state index in [1.807, 2.05) is 6.92 Å².